The van der Waals surface area contributed by atoms with Crippen LogP contribution in [0.3, 0.4) is 0 Å². The Kier molecular flexibility index (Phi) is 10.5. The lowest BCUT2D eigenvalue weighted by molar-refractivity contribution is -0.141. The van der Waals surface area contributed by atoms with Crippen molar-refractivity contribution in [3.8, 4) is 0 Å². The number of thiol groups is 2. The Morgan fingerprint density at radius 1 is 1.03 bits per heavy atom. The van der Waals surface area contributed by atoms with Gasteiger partial charge in [0.1, 0.15) is 24.2 Å². The molecule has 0 aliphatic carbocycles. The highest BCUT2D eigenvalue weighted by molar-refractivity contribution is 7.80. The molecule has 1 aliphatic heterocycles. The zero-order valence-electron chi connectivity index (χ0n) is 17.4. The van der Waals surface area contributed by atoms with E-state index in [9.17, 15) is 24.0 Å². The van der Waals surface area contributed by atoms with Gasteiger partial charge in [-0.05, 0) is 18.8 Å². The monoisotopic (exact) mass is 461 g/mol. The third kappa shape index (κ3) is 7.08. The minimum absolute atomic E-state index is 0.0268. The van der Waals surface area contributed by atoms with Crippen LogP contribution < -0.4 is 21.7 Å². The van der Waals surface area contributed by atoms with Gasteiger partial charge in [-0.2, -0.15) is 25.3 Å². The number of rotatable bonds is 10. The fraction of sp³-hybridized carbons (Fsp3) is 0.722. The van der Waals surface area contributed by atoms with Crippen LogP contribution in [0.2, 0.25) is 0 Å². The maximum Gasteiger partial charge on any atom is 0.246 e. The smallest absolute Gasteiger partial charge is 0.246 e. The Hall–Kier alpha value is -1.95. The van der Waals surface area contributed by atoms with Crippen molar-refractivity contribution in [3.05, 3.63) is 0 Å². The van der Waals surface area contributed by atoms with Gasteiger partial charge < -0.3 is 26.6 Å². The topological polar surface area (TPSA) is 151 Å². The average molecular weight is 462 g/mol. The Morgan fingerprint density at radius 3 is 2.10 bits per heavy atom. The fourth-order valence-corrected chi connectivity index (χ4v) is 3.71. The molecule has 1 heterocycles. The highest BCUT2D eigenvalue weighted by Gasteiger charge is 2.39. The van der Waals surface area contributed by atoms with E-state index in [0.29, 0.717) is 19.4 Å². The van der Waals surface area contributed by atoms with Crippen LogP contribution in [0.1, 0.15) is 33.6 Å². The van der Waals surface area contributed by atoms with Crippen molar-refractivity contribution in [1.29, 1.82) is 0 Å². The van der Waals surface area contributed by atoms with Gasteiger partial charge in [0.15, 0.2) is 0 Å². The highest BCUT2D eigenvalue weighted by atomic mass is 32.1. The first-order valence-corrected chi connectivity index (χ1v) is 11.0. The number of nitrogens with two attached hydrogens (primary N) is 1. The standard InChI is InChI=1S/C18H31N5O5S2/c1-9(2)14(17(27)21-11(7-29)15(19)25)22-16(26)13-5-4-6-23(13)18(28)12(8-30)20-10(3)24/h9,11-14,29-30H,4-8H2,1-3H3,(H2,19,25)(H,20,24)(H,21,27)(H,22,26)/t11-,12-,13-,14+/m0/s1. The summed E-state index contributed by atoms with van der Waals surface area (Å²) in [6, 6.07) is -3.49. The van der Waals surface area contributed by atoms with Gasteiger partial charge in [-0.25, -0.2) is 0 Å². The summed E-state index contributed by atoms with van der Waals surface area (Å²) in [4.78, 5) is 62.4. The third-order valence-electron chi connectivity index (χ3n) is 4.79. The first kappa shape index (κ1) is 26.1. The van der Waals surface area contributed by atoms with Crippen molar-refractivity contribution in [1.82, 2.24) is 20.9 Å². The molecule has 0 spiro atoms. The molecule has 0 unspecified atom stereocenters. The Bertz CT molecular complexity index is 675. The van der Waals surface area contributed by atoms with Crippen molar-refractivity contribution in [2.45, 2.75) is 57.8 Å². The predicted octanol–water partition coefficient (Wildman–Crippen LogP) is -1.55. The van der Waals surface area contributed by atoms with E-state index in [0.717, 1.165) is 0 Å². The number of carbonyl (C=O) groups is 5. The van der Waals surface area contributed by atoms with E-state index < -0.39 is 47.8 Å². The lowest BCUT2D eigenvalue weighted by Gasteiger charge is -2.30. The van der Waals surface area contributed by atoms with E-state index in [1.54, 1.807) is 13.8 Å². The van der Waals surface area contributed by atoms with Crippen LogP contribution in [0.5, 0.6) is 0 Å². The van der Waals surface area contributed by atoms with Gasteiger partial charge in [-0.1, -0.05) is 13.8 Å². The van der Waals surface area contributed by atoms with E-state index >= 15 is 0 Å². The lowest BCUT2D eigenvalue weighted by Crippen LogP contribution is -2.59. The molecule has 0 radical (unpaired) electrons. The quantitative estimate of drug-likeness (QED) is 0.218. The molecule has 12 heteroatoms. The number of hydrogen-bond donors (Lipinski definition) is 6. The summed E-state index contributed by atoms with van der Waals surface area (Å²) < 4.78 is 0. The molecule has 1 saturated heterocycles. The van der Waals surface area contributed by atoms with Gasteiger partial charge >= 0.3 is 0 Å². The van der Waals surface area contributed by atoms with Gasteiger partial charge in [-0.15, -0.1) is 0 Å². The maximum atomic E-state index is 12.9. The van der Waals surface area contributed by atoms with Crippen LogP contribution in [-0.4, -0.2) is 76.7 Å². The predicted molar refractivity (Wildman–Crippen MR) is 118 cm³/mol. The summed E-state index contributed by atoms with van der Waals surface area (Å²) in [7, 11) is 0. The molecular formula is C18H31N5O5S2. The average Bonchev–Trinajstić information content (AvgIpc) is 3.16. The second-order valence-electron chi connectivity index (χ2n) is 7.50. The van der Waals surface area contributed by atoms with Crippen molar-refractivity contribution in [2.75, 3.05) is 18.1 Å². The summed E-state index contributed by atoms with van der Waals surface area (Å²) >= 11 is 8.10. The first-order chi connectivity index (χ1) is 14.0. The van der Waals surface area contributed by atoms with E-state index in [-0.39, 0.29) is 23.3 Å². The van der Waals surface area contributed by atoms with Gasteiger partial charge in [0.25, 0.3) is 0 Å². The fourth-order valence-electron chi connectivity index (χ4n) is 3.19. The summed E-state index contributed by atoms with van der Waals surface area (Å²) in [6.45, 7) is 5.15. The molecule has 1 fully saturated rings. The van der Waals surface area contributed by atoms with Gasteiger partial charge in [0.2, 0.25) is 29.5 Å². The van der Waals surface area contributed by atoms with E-state index in [1.165, 1.54) is 11.8 Å². The molecule has 5 N–H and O–H groups in total. The van der Waals surface area contributed by atoms with Crippen molar-refractivity contribution < 1.29 is 24.0 Å². The highest BCUT2D eigenvalue weighted by Crippen LogP contribution is 2.19. The summed E-state index contributed by atoms with van der Waals surface area (Å²) in [5.41, 5.74) is 5.23. The number of primary amides is 1. The molecular weight excluding hydrogens is 430 g/mol. The van der Waals surface area contributed by atoms with Crippen LogP contribution >= 0.6 is 25.3 Å². The summed E-state index contributed by atoms with van der Waals surface area (Å²) in [6.07, 6.45) is 1.05. The zero-order valence-corrected chi connectivity index (χ0v) is 19.2. The molecule has 0 bridgehead atoms. The van der Waals surface area contributed by atoms with Crippen LogP contribution in [0.4, 0.5) is 0 Å². The van der Waals surface area contributed by atoms with Gasteiger partial charge in [0.05, 0.1) is 0 Å². The second-order valence-corrected chi connectivity index (χ2v) is 8.23. The molecule has 30 heavy (non-hydrogen) atoms. The number of hydrogen-bond acceptors (Lipinski definition) is 7. The summed E-state index contributed by atoms with van der Waals surface area (Å²) in [5.74, 6) is -2.68. The van der Waals surface area contributed by atoms with Crippen LogP contribution in [-0.2, 0) is 24.0 Å². The number of carbonyl (C=O) groups excluding carboxylic acids is 5. The molecule has 4 atom stereocenters. The number of likely N-dealkylation sites (tertiary alicyclic amines) is 1. The van der Waals surface area contributed by atoms with Gasteiger partial charge in [0, 0.05) is 25.0 Å². The van der Waals surface area contributed by atoms with E-state index in [2.05, 4.69) is 41.2 Å². The van der Waals surface area contributed by atoms with E-state index in [1.807, 2.05) is 0 Å². The summed E-state index contributed by atoms with van der Waals surface area (Å²) in [5, 5.41) is 7.69. The van der Waals surface area contributed by atoms with Crippen LogP contribution in [0, 0.1) is 5.92 Å². The Balaban J connectivity index is 2.90. The number of nitrogens with one attached hydrogen (secondary N) is 3. The van der Waals surface area contributed by atoms with Crippen LogP contribution in [0.25, 0.3) is 0 Å². The maximum absolute atomic E-state index is 12.9. The molecule has 1 rings (SSSR count). The molecule has 10 nitrogen and oxygen atoms in total. The molecule has 5 amide bonds. The van der Waals surface area contributed by atoms with E-state index in [4.69, 9.17) is 5.73 Å². The molecule has 0 saturated carbocycles. The lowest BCUT2D eigenvalue weighted by atomic mass is 10.0. The molecule has 170 valence electrons. The van der Waals surface area contributed by atoms with Crippen LogP contribution in [0.15, 0.2) is 0 Å². The van der Waals surface area contributed by atoms with Crippen molar-refractivity contribution in [3.63, 3.8) is 0 Å². The van der Waals surface area contributed by atoms with Crippen molar-refractivity contribution in [2.24, 2.45) is 11.7 Å². The third-order valence-corrected chi connectivity index (χ3v) is 5.52. The SMILES string of the molecule is CC(=O)N[C@@H](CS)C(=O)N1CCC[C@H]1C(=O)N[C@@H](C(=O)N[C@@H](CS)C(N)=O)C(C)C. The molecule has 0 aromatic carbocycles. The Morgan fingerprint density at radius 2 is 1.63 bits per heavy atom. The number of amides is 5. The minimum Gasteiger partial charge on any atom is -0.368 e. The van der Waals surface area contributed by atoms with Gasteiger partial charge in [-0.3, -0.25) is 24.0 Å². The first-order valence-electron chi connectivity index (χ1n) is 9.72. The molecule has 1 aliphatic rings. The molecule has 0 aromatic rings. The molecule has 0 aromatic heterocycles. The largest absolute Gasteiger partial charge is 0.368 e. The normalized spacial score (nSPS) is 19.0. The zero-order chi connectivity index (χ0) is 23.0. The second kappa shape index (κ2) is 12.0. The minimum atomic E-state index is -0.961. The number of nitrogens with zero attached hydrogens (tertiary/aromatic N) is 1. The van der Waals surface area contributed by atoms with Crippen molar-refractivity contribution >= 4 is 54.8 Å². The Labute approximate surface area is 187 Å².